The molecule has 4 rings (SSSR count). The second kappa shape index (κ2) is 7.80. The molecular weight excluding hydrogens is 413 g/mol. The highest BCUT2D eigenvalue weighted by molar-refractivity contribution is 7.86. The monoisotopic (exact) mass is 427 g/mol. The third-order valence-electron chi connectivity index (χ3n) is 4.26. The maximum atomic E-state index is 12.7. The molecule has 0 aliphatic carbocycles. The lowest BCUT2D eigenvalue weighted by atomic mass is 10.0. The predicted molar refractivity (Wildman–Crippen MR) is 118 cm³/mol. The molecule has 4 aromatic rings. The zero-order chi connectivity index (χ0) is 19.7. The van der Waals surface area contributed by atoms with Gasteiger partial charge in [-0.3, -0.25) is 4.98 Å². The molecule has 0 radical (unpaired) electrons. The Kier molecular flexibility index (Phi) is 5.22. The molecule has 0 aliphatic heterocycles. The standard InChI is InChI=1S/C21H15Cl2N3OS/c22-18-7-6-15(26-28(27)20-8-5-14(24)11-19(20)23)12-17(18)21-16-4-2-1-3-13(16)9-10-25-21/h1-12,26H,24H2. The van der Waals surface area contributed by atoms with Crippen molar-refractivity contribution in [2.45, 2.75) is 4.90 Å². The molecule has 28 heavy (non-hydrogen) atoms. The SMILES string of the molecule is Nc1ccc(S(=O)Nc2ccc(Cl)c(-c3nccc4ccccc34)c2)c(Cl)c1. The Balaban J connectivity index is 1.72. The summed E-state index contributed by atoms with van der Waals surface area (Å²) < 4.78 is 15.7. The van der Waals surface area contributed by atoms with Crippen molar-refractivity contribution < 1.29 is 4.21 Å². The Hall–Kier alpha value is -2.60. The van der Waals surface area contributed by atoms with E-state index in [4.69, 9.17) is 28.9 Å². The van der Waals surface area contributed by atoms with E-state index in [2.05, 4.69) is 9.71 Å². The van der Waals surface area contributed by atoms with Crippen LogP contribution >= 0.6 is 23.2 Å². The van der Waals surface area contributed by atoms with Gasteiger partial charge in [-0.1, -0.05) is 47.5 Å². The molecule has 0 saturated heterocycles. The van der Waals surface area contributed by atoms with E-state index in [9.17, 15) is 4.21 Å². The first-order valence-corrected chi connectivity index (χ1v) is 10.3. The molecule has 1 unspecified atom stereocenters. The maximum Gasteiger partial charge on any atom is 0.151 e. The van der Waals surface area contributed by atoms with Crippen LogP contribution in [0.1, 0.15) is 0 Å². The van der Waals surface area contributed by atoms with Gasteiger partial charge in [-0.15, -0.1) is 0 Å². The van der Waals surface area contributed by atoms with Crippen molar-refractivity contribution in [1.82, 2.24) is 4.98 Å². The van der Waals surface area contributed by atoms with Crippen molar-refractivity contribution in [2.24, 2.45) is 0 Å². The first kappa shape index (κ1) is 18.7. The third kappa shape index (κ3) is 3.69. The minimum absolute atomic E-state index is 0.343. The fraction of sp³-hybridized carbons (Fsp3) is 0. The van der Waals surface area contributed by atoms with Gasteiger partial charge in [0.05, 0.1) is 20.6 Å². The van der Waals surface area contributed by atoms with E-state index < -0.39 is 11.0 Å². The number of nitrogens with two attached hydrogens (primary N) is 1. The number of nitrogen functional groups attached to an aromatic ring is 1. The van der Waals surface area contributed by atoms with Crippen LogP contribution in [0.5, 0.6) is 0 Å². The van der Waals surface area contributed by atoms with Crippen LogP contribution < -0.4 is 10.5 Å². The van der Waals surface area contributed by atoms with Gasteiger partial charge in [-0.05, 0) is 47.9 Å². The van der Waals surface area contributed by atoms with E-state index in [1.165, 1.54) is 0 Å². The first-order valence-electron chi connectivity index (χ1n) is 8.40. The highest BCUT2D eigenvalue weighted by Crippen LogP contribution is 2.34. The Morgan fingerprint density at radius 3 is 2.57 bits per heavy atom. The number of aromatic nitrogens is 1. The molecule has 1 heterocycles. The first-order chi connectivity index (χ1) is 13.5. The summed E-state index contributed by atoms with van der Waals surface area (Å²) in [6, 6.07) is 20.1. The summed E-state index contributed by atoms with van der Waals surface area (Å²) in [4.78, 5) is 4.97. The average molecular weight is 428 g/mol. The molecule has 0 amide bonds. The number of rotatable bonds is 4. The van der Waals surface area contributed by atoms with Gasteiger partial charge in [0.25, 0.3) is 0 Å². The van der Waals surface area contributed by atoms with Crippen molar-refractivity contribution in [3.05, 3.63) is 83.0 Å². The van der Waals surface area contributed by atoms with Crippen LogP contribution in [0.3, 0.4) is 0 Å². The molecule has 140 valence electrons. The molecule has 1 aromatic heterocycles. The minimum Gasteiger partial charge on any atom is -0.399 e. The average Bonchev–Trinajstić information content (AvgIpc) is 2.69. The number of anilines is 2. The summed E-state index contributed by atoms with van der Waals surface area (Å²) in [6.07, 6.45) is 1.75. The topological polar surface area (TPSA) is 68.0 Å². The second-order valence-electron chi connectivity index (χ2n) is 6.14. The zero-order valence-electron chi connectivity index (χ0n) is 14.5. The Bertz CT molecular complexity index is 1210. The summed E-state index contributed by atoms with van der Waals surface area (Å²) in [5.41, 5.74) is 8.38. The molecule has 0 fully saturated rings. The van der Waals surface area contributed by atoms with Crippen LogP contribution in [0.15, 0.2) is 77.8 Å². The van der Waals surface area contributed by atoms with Crippen molar-refractivity contribution in [1.29, 1.82) is 0 Å². The maximum absolute atomic E-state index is 12.7. The predicted octanol–water partition coefficient (Wildman–Crippen LogP) is 5.93. The Morgan fingerprint density at radius 2 is 1.75 bits per heavy atom. The van der Waals surface area contributed by atoms with Gasteiger partial charge >= 0.3 is 0 Å². The lowest BCUT2D eigenvalue weighted by molar-refractivity contribution is 0.686. The summed E-state index contributed by atoms with van der Waals surface area (Å²) in [6.45, 7) is 0. The molecule has 4 nitrogen and oxygen atoms in total. The van der Waals surface area contributed by atoms with Crippen LogP contribution in [-0.2, 0) is 11.0 Å². The summed E-state index contributed by atoms with van der Waals surface area (Å²) in [5.74, 6) is 0. The van der Waals surface area contributed by atoms with E-state index in [1.807, 2.05) is 36.4 Å². The third-order valence-corrected chi connectivity index (χ3v) is 6.19. The van der Waals surface area contributed by atoms with Gasteiger partial charge in [0.15, 0.2) is 11.0 Å². The van der Waals surface area contributed by atoms with E-state index >= 15 is 0 Å². The molecule has 1 atom stereocenters. The number of nitrogens with zero attached hydrogens (tertiary/aromatic N) is 1. The van der Waals surface area contributed by atoms with E-state index in [0.717, 1.165) is 22.0 Å². The number of halogens is 2. The largest absolute Gasteiger partial charge is 0.399 e. The highest BCUT2D eigenvalue weighted by Gasteiger charge is 2.13. The number of nitrogens with one attached hydrogen (secondary N) is 1. The van der Waals surface area contributed by atoms with Crippen LogP contribution in [0.4, 0.5) is 11.4 Å². The normalized spacial score (nSPS) is 12.1. The molecule has 0 spiro atoms. The Morgan fingerprint density at radius 1 is 0.929 bits per heavy atom. The molecule has 7 heteroatoms. The second-order valence-corrected chi connectivity index (χ2v) is 8.13. The number of pyridine rings is 1. The molecule has 3 N–H and O–H groups in total. The number of hydrogen-bond acceptors (Lipinski definition) is 3. The van der Waals surface area contributed by atoms with Crippen LogP contribution in [0, 0.1) is 0 Å². The number of fused-ring (bicyclic) bond motifs is 1. The lowest BCUT2D eigenvalue weighted by Gasteiger charge is -2.12. The van der Waals surface area contributed by atoms with Crippen molar-refractivity contribution >= 4 is 56.3 Å². The summed E-state index contributed by atoms with van der Waals surface area (Å²) in [7, 11) is -1.55. The lowest BCUT2D eigenvalue weighted by Crippen LogP contribution is -2.06. The Labute approximate surface area is 174 Å². The molecule has 0 saturated carbocycles. The van der Waals surface area contributed by atoms with E-state index in [0.29, 0.717) is 26.3 Å². The van der Waals surface area contributed by atoms with E-state index in [1.54, 1.807) is 36.5 Å². The molecule has 3 aromatic carbocycles. The van der Waals surface area contributed by atoms with Crippen molar-refractivity contribution in [2.75, 3.05) is 10.5 Å². The van der Waals surface area contributed by atoms with Gasteiger partial charge in [0.1, 0.15) is 0 Å². The fourth-order valence-electron chi connectivity index (χ4n) is 2.93. The van der Waals surface area contributed by atoms with Gasteiger partial charge in [0.2, 0.25) is 0 Å². The summed E-state index contributed by atoms with van der Waals surface area (Å²) in [5, 5.41) is 2.97. The molecule has 0 aliphatic rings. The van der Waals surface area contributed by atoms with Gasteiger partial charge in [-0.25, -0.2) is 4.21 Å². The van der Waals surface area contributed by atoms with Crippen molar-refractivity contribution in [3.63, 3.8) is 0 Å². The highest BCUT2D eigenvalue weighted by atomic mass is 35.5. The van der Waals surface area contributed by atoms with Crippen molar-refractivity contribution in [3.8, 4) is 11.3 Å². The van der Waals surface area contributed by atoms with Crippen LogP contribution in [0.2, 0.25) is 10.0 Å². The van der Waals surface area contributed by atoms with Gasteiger partial charge < -0.3 is 10.5 Å². The van der Waals surface area contributed by atoms with Crippen LogP contribution in [-0.4, -0.2) is 9.19 Å². The van der Waals surface area contributed by atoms with Crippen LogP contribution in [0.25, 0.3) is 22.0 Å². The van der Waals surface area contributed by atoms with Gasteiger partial charge in [0, 0.05) is 28.5 Å². The number of benzene rings is 3. The molecule has 0 bridgehead atoms. The summed E-state index contributed by atoms with van der Waals surface area (Å²) >= 11 is 12.6. The molecular formula is C21H15Cl2N3OS. The quantitative estimate of drug-likeness (QED) is 0.396. The van der Waals surface area contributed by atoms with E-state index in [-0.39, 0.29) is 0 Å². The smallest absolute Gasteiger partial charge is 0.151 e. The zero-order valence-corrected chi connectivity index (χ0v) is 16.9. The minimum atomic E-state index is -1.55. The van der Waals surface area contributed by atoms with Gasteiger partial charge in [-0.2, -0.15) is 0 Å². The fourth-order valence-corrected chi connectivity index (χ4v) is 4.42. The number of hydrogen-bond donors (Lipinski definition) is 2.